The summed E-state index contributed by atoms with van der Waals surface area (Å²) in [6.45, 7) is 0.763. The molecular formula is C21H16BrFN2S. The molecule has 130 valence electrons. The van der Waals surface area contributed by atoms with E-state index < -0.39 is 0 Å². The summed E-state index contributed by atoms with van der Waals surface area (Å²) in [4.78, 5) is 4.80. The fourth-order valence-electron chi connectivity index (χ4n) is 2.82. The molecule has 0 spiro atoms. The summed E-state index contributed by atoms with van der Waals surface area (Å²) in [5.74, 6) is 0.547. The van der Waals surface area contributed by atoms with Crippen LogP contribution in [0.25, 0.3) is 11.0 Å². The van der Waals surface area contributed by atoms with Gasteiger partial charge in [0.05, 0.1) is 17.6 Å². The lowest BCUT2D eigenvalue weighted by molar-refractivity contribution is 0.627. The lowest BCUT2D eigenvalue weighted by atomic mass is 10.2. The first-order chi connectivity index (χ1) is 12.7. The normalized spacial score (nSPS) is 11.2. The number of benzene rings is 3. The second-order valence-corrected chi connectivity index (χ2v) is 7.87. The van der Waals surface area contributed by atoms with Crippen LogP contribution >= 0.6 is 27.7 Å². The number of nitrogens with zero attached hydrogens (tertiary/aromatic N) is 2. The van der Waals surface area contributed by atoms with Crippen molar-refractivity contribution < 1.29 is 4.39 Å². The maximum absolute atomic E-state index is 13.1. The molecule has 5 heteroatoms. The SMILES string of the molecule is Fc1ccc(CSc2nc3ccccc3n2Cc2ccc(Br)cc2)cc1. The number of para-hydroxylation sites is 2. The molecule has 3 aromatic carbocycles. The van der Waals surface area contributed by atoms with Crippen LogP contribution in [0.15, 0.2) is 82.4 Å². The second-order valence-electron chi connectivity index (χ2n) is 6.01. The summed E-state index contributed by atoms with van der Waals surface area (Å²) in [6, 6.07) is 23.2. The molecule has 0 radical (unpaired) electrons. The van der Waals surface area contributed by atoms with Crippen molar-refractivity contribution in [3.8, 4) is 0 Å². The lowest BCUT2D eigenvalue weighted by Crippen LogP contribution is -2.01. The third-order valence-corrected chi connectivity index (χ3v) is 5.73. The molecule has 0 atom stereocenters. The number of aromatic nitrogens is 2. The van der Waals surface area contributed by atoms with Gasteiger partial charge in [0.1, 0.15) is 5.82 Å². The van der Waals surface area contributed by atoms with Gasteiger partial charge in [-0.05, 0) is 47.5 Å². The minimum absolute atomic E-state index is 0.207. The number of hydrogen-bond donors (Lipinski definition) is 0. The van der Waals surface area contributed by atoms with Gasteiger partial charge in [-0.15, -0.1) is 0 Å². The average molecular weight is 427 g/mol. The van der Waals surface area contributed by atoms with Gasteiger partial charge >= 0.3 is 0 Å². The number of fused-ring (bicyclic) bond motifs is 1. The summed E-state index contributed by atoms with van der Waals surface area (Å²) < 4.78 is 16.4. The van der Waals surface area contributed by atoms with Gasteiger partial charge in [-0.1, -0.05) is 64.1 Å². The van der Waals surface area contributed by atoms with Crippen LogP contribution in [-0.4, -0.2) is 9.55 Å². The molecule has 0 bridgehead atoms. The fourth-order valence-corrected chi connectivity index (χ4v) is 4.05. The van der Waals surface area contributed by atoms with Crippen molar-refractivity contribution in [3.63, 3.8) is 0 Å². The smallest absolute Gasteiger partial charge is 0.169 e. The molecule has 0 saturated carbocycles. The topological polar surface area (TPSA) is 17.8 Å². The summed E-state index contributed by atoms with van der Waals surface area (Å²) in [7, 11) is 0. The first kappa shape index (κ1) is 17.3. The van der Waals surface area contributed by atoms with Crippen molar-refractivity contribution >= 4 is 38.7 Å². The Bertz CT molecular complexity index is 1030. The monoisotopic (exact) mass is 426 g/mol. The van der Waals surface area contributed by atoms with E-state index in [4.69, 9.17) is 4.98 Å². The van der Waals surface area contributed by atoms with E-state index in [0.717, 1.165) is 38.5 Å². The number of thioether (sulfide) groups is 1. The number of rotatable bonds is 5. The third kappa shape index (κ3) is 3.84. The van der Waals surface area contributed by atoms with E-state index in [2.05, 4.69) is 50.8 Å². The standard InChI is InChI=1S/C21H16BrFN2S/c22-17-9-5-15(6-10-17)13-25-20-4-2-1-3-19(20)24-21(25)26-14-16-7-11-18(23)12-8-16/h1-12H,13-14H2. The molecule has 4 aromatic rings. The summed E-state index contributed by atoms with van der Waals surface area (Å²) in [5, 5.41) is 0.971. The molecule has 1 aromatic heterocycles. The maximum Gasteiger partial charge on any atom is 0.169 e. The molecule has 0 N–H and O–H groups in total. The number of imidazole rings is 1. The van der Waals surface area contributed by atoms with E-state index in [1.54, 1.807) is 11.8 Å². The summed E-state index contributed by atoms with van der Waals surface area (Å²) in [5.41, 5.74) is 4.42. The minimum atomic E-state index is -0.207. The lowest BCUT2D eigenvalue weighted by Gasteiger charge is -2.09. The molecule has 0 unspecified atom stereocenters. The molecule has 0 saturated heterocycles. The predicted molar refractivity (Wildman–Crippen MR) is 109 cm³/mol. The fraction of sp³-hybridized carbons (Fsp3) is 0.0952. The molecule has 1 heterocycles. The van der Waals surface area contributed by atoms with Gasteiger partial charge in [0.2, 0.25) is 0 Å². The highest BCUT2D eigenvalue weighted by molar-refractivity contribution is 9.10. The Kier molecular flexibility index (Phi) is 5.09. The van der Waals surface area contributed by atoms with E-state index >= 15 is 0 Å². The number of halogens is 2. The van der Waals surface area contributed by atoms with Gasteiger partial charge in [0.15, 0.2) is 5.16 Å². The van der Waals surface area contributed by atoms with Crippen LogP contribution in [0.3, 0.4) is 0 Å². The third-order valence-electron chi connectivity index (χ3n) is 4.15. The van der Waals surface area contributed by atoms with Crippen LogP contribution in [0.1, 0.15) is 11.1 Å². The maximum atomic E-state index is 13.1. The molecule has 0 aliphatic carbocycles. The second kappa shape index (κ2) is 7.64. The van der Waals surface area contributed by atoms with Crippen molar-refractivity contribution in [1.29, 1.82) is 0 Å². The minimum Gasteiger partial charge on any atom is -0.314 e. The van der Waals surface area contributed by atoms with Crippen molar-refractivity contribution in [2.24, 2.45) is 0 Å². The highest BCUT2D eigenvalue weighted by Crippen LogP contribution is 2.28. The molecule has 26 heavy (non-hydrogen) atoms. The Labute approximate surface area is 164 Å². The zero-order valence-electron chi connectivity index (χ0n) is 13.9. The van der Waals surface area contributed by atoms with Gasteiger partial charge in [0, 0.05) is 10.2 Å². The first-order valence-electron chi connectivity index (χ1n) is 8.26. The Morgan fingerprint density at radius 1 is 0.885 bits per heavy atom. The Balaban J connectivity index is 1.64. The molecule has 0 aliphatic rings. The van der Waals surface area contributed by atoms with Crippen LogP contribution < -0.4 is 0 Å². The van der Waals surface area contributed by atoms with E-state index in [1.807, 2.05) is 30.3 Å². The zero-order chi connectivity index (χ0) is 17.9. The van der Waals surface area contributed by atoms with Crippen molar-refractivity contribution in [2.45, 2.75) is 17.5 Å². The van der Waals surface area contributed by atoms with Crippen LogP contribution in [0.5, 0.6) is 0 Å². The van der Waals surface area contributed by atoms with E-state index in [0.29, 0.717) is 0 Å². The van der Waals surface area contributed by atoms with Gasteiger partial charge < -0.3 is 4.57 Å². The van der Waals surface area contributed by atoms with Gasteiger partial charge in [-0.2, -0.15) is 0 Å². The van der Waals surface area contributed by atoms with Crippen molar-refractivity contribution in [3.05, 3.63) is 94.2 Å². The predicted octanol–water partition coefficient (Wildman–Crippen LogP) is 6.28. The van der Waals surface area contributed by atoms with E-state index in [9.17, 15) is 4.39 Å². The Morgan fingerprint density at radius 2 is 1.58 bits per heavy atom. The number of hydrogen-bond acceptors (Lipinski definition) is 2. The van der Waals surface area contributed by atoms with E-state index in [-0.39, 0.29) is 5.82 Å². The molecule has 4 rings (SSSR count). The van der Waals surface area contributed by atoms with Gasteiger partial charge in [-0.25, -0.2) is 9.37 Å². The van der Waals surface area contributed by atoms with Crippen LogP contribution in [0, 0.1) is 5.82 Å². The molecule has 2 nitrogen and oxygen atoms in total. The van der Waals surface area contributed by atoms with Crippen LogP contribution in [0.4, 0.5) is 4.39 Å². The summed E-state index contributed by atoms with van der Waals surface area (Å²) >= 11 is 5.16. The van der Waals surface area contributed by atoms with Gasteiger partial charge in [-0.3, -0.25) is 0 Å². The molecule has 0 aliphatic heterocycles. The Hall–Kier alpha value is -2.11. The van der Waals surface area contributed by atoms with Crippen LogP contribution in [-0.2, 0) is 12.3 Å². The average Bonchev–Trinajstić information content (AvgIpc) is 3.01. The quantitative estimate of drug-likeness (QED) is 0.349. The van der Waals surface area contributed by atoms with E-state index in [1.165, 1.54) is 17.7 Å². The van der Waals surface area contributed by atoms with Crippen LogP contribution in [0.2, 0.25) is 0 Å². The Morgan fingerprint density at radius 3 is 2.35 bits per heavy atom. The highest BCUT2D eigenvalue weighted by Gasteiger charge is 2.12. The first-order valence-corrected chi connectivity index (χ1v) is 10.0. The molecule has 0 fully saturated rings. The van der Waals surface area contributed by atoms with Crippen molar-refractivity contribution in [1.82, 2.24) is 9.55 Å². The van der Waals surface area contributed by atoms with Gasteiger partial charge in [0.25, 0.3) is 0 Å². The summed E-state index contributed by atoms with van der Waals surface area (Å²) in [6.07, 6.45) is 0. The largest absolute Gasteiger partial charge is 0.314 e. The molecular weight excluding hydrogens is 411 g/mol. The zero-order valence-corrected chi connectivity index (χ0v) is 16.3. The highest BCUT2D eigenvalue weighted by atomic mass is 79.9. The molecule has 0 amide bonds. The van der Waals surface area contributed by atoms with Crippen molar-refractivity contribution in [2.75, 3.05) is 0 Å².